The van der Waals surface area contributed by atoms with E-state index in [1.807, 2.05) is 0 Å². The van der Waals surface area contributed by atoms with Crippen molar-refractivity contribution in [1.82, 2.24) is 0 Å². The molecule has 0 aliphatic heterocycles. The molecule has 0 radical (unpaired) electrons. The highest BCUT2D eigenvalue weighted by molar-refractivity contribution is 5.91. The van der Waals surface area contributed by atoms with Crippen LogP contribution in [0.25, 0.3) is 11.6 Å². The molecule has 1 nitrogen and oxygen atoms in total. The molecule has 0 spiro atoms. The number of aryl methyl sites for hydroxylation is 3. The lowest BCUT2D eigenvalue weighted by atomic mass is 9.93. The molecule has 0 aliphatic rings. The number of anilines is 1. The molecule has 0 aliphatic carbocycles. The zero-order valence-corrected chi connectivity index (χ0v) is 20.1. The molecule has 33 heavy (non-hydrogen) atoms. The molecule has 1 N–H and O–H groups in total. The molecule has 0 fully saturated rings. The lowest BCUT2D eigenvalue weighted by Crippen LogP contribution is -2.09. The van der Waals surface area contributed by atoms with Gasteiger partial charge in [-0.25, -0.2) is 0 Å². The maximum absolute atomic E-state index is 3.69. The summed E-state index contributed by atoms with van der Waals surface area (Å²) in [6.45, 7) is 8.70. The van der Waals surface area contributed by atoms with Crippen LogP contribution >= 0.6 is 0 Å². The van der Waals surface area contributed by atoms with Crippen LogP contribution in [0.3, 0.4) is 0 Å². The average Bonchev–Trinajstić information content (AvgIpc) is 2.81. The molecule has 1 unspecified atom stereocenters. The monoisotopic (exact) mass is 431 g/mol. The maximum atomic E-state index is 3.69. The summed E-state index contributed by atoms with van der Waals surface area (Å²) in [5.41, 5.74) is 11.3. The van der Waals surface area contributed by atoms with Crippen molar-refractivity contribution < 1.29 is 0 Å². The van der Waals surface area contributed by atoms with Crippen LogP contribution in [0.4, 0.5) is 5.69 Å². The van der Waals surface area contributed by atoms with Gasteiger partial charge in [0.1, 0.15) is 0 Å². The van der Waals surface area contributed by atoms with Crippen LogP contribution in [-0.2, 0) is 0 Å². The molecule has 0 bridgehead atoms. The van der Waals surface area contributed by atoms with E-state index in [1.54, 1.807) is 0 Å². The van der Waals surface area contributed by atoms with Gasteiger partial charge in [0.15, 0.2) is 0 Å². The quantitative estimate of drug-likeness (QED) is 0.288. The van der Waals surface area contributed by atoms with Gasteiger partial charge in [-0.1, -0.05) is 103 Å². The van der Waals surface area contributed by atoms with E-state index in [4.69, 9.17) is 0 Å². The summed E-state index contributed by atoms with van der Waals surface area (Å²) in [4.78, 5) is 0. The fourth-order valence-electron chi connectivity index (χ4n) is 4.43. The summed E-state index contributed by atoms with van der Waals surface area (Å²) in [6.07, 6.45) is 3.34. The van der Waals surface area contributed by atoms with Crippen LogP contribution in [0.1, 0.15) is 58.3 Å². The second-order valence-corrected chi connectivity index (χ2v) is 8.94. The van der Waals surface area contributed by atoms with Gasteiger partial charge < -0.3 is 5.32 Å². The standard InChI is InChI=1S/C32H33N/c1-5-32(33-30-13-9-10-23(2)21-30)28-16-14-26(15-17-28)22-31(27-11-7-6-8-12-27)29-19-24(3)18-25(4)20-29/h6-22,32-33H,5H2,1-4H3. The number of nitrogens with one attached hydrogen (secondary N) is 1. The Kier molecular flexibility index (Phi) is 7.10. The van der Waals surface area contributed by atoms with Gasteiger partial charge in [-0.05, 0) is 78.8 Å². The lowest BCUT2D eigenvalue weighted by molar-refractivity contribution is 0.749. The van der Waals surface area contributed by atoms with Gasteiger partial charge in [0.25, 0.3) is 0 Å². The Balaban J connectivity index is 1.65. The first-order valence-electron chi connectivity index (χ1n) is 11.8. The molecule has 4 rings (SSSR count). The molecule has 0 saturated carbocycles. The van der Waals surface area contributed by atoms with Gasteiger partial charge in [-0.2, -0.15) is 0 Å². The van der Waals surface area contributed by atoms with Gasteiger partial charge in [-0.15, -0.1) is 0 Å². The Hall–Kier alpha value is -3.58. The first-order valence-corrected chi connectivity index (χ1v) is 11.8. The summed E-state index contributed by atoms with van der Waals surface area (Å²) in [5.74, 6) is 0. The summed E-state index contributed by atoms with van der Waals surface area (Å²) in [6, 6.07) is 35.3. The Morgan fingerprint density at radius 1 is 0.697 bits per heavy atom. The van der Waals surface area contributed by atoms with Crippen molar-refractivity contribution in [2.45, 2.75) is 40.2 Å². The van der Waals surface area contributed by atoms with Crippen molar-refractivity contribution in [2.75, 3.05) is 5.32 Å². The Labute approximate surface area is 198 Å². The maximum Gasteiger partial charge on any atom is 0.0511 e. The Morgan fingerprint density at radius 2 is 1.39 bits per heavy atom. The molecule has 1 heteroatoms. The minimum absolute atomic E-state index is 0.290. The second kappa shape index (κ2) is 10.4. The van der Waals surface area contributed by atoms with Crippen molar-refractivity contribution in [3.63, 3.8) is 0 Å². The summed E-state index contributed by atoms with van der Waals surface area (Å²) in [5, 5.41) is 3.69. The van der Waals surface area contributed by atoms with Crippen LogP contribution < -0.4 is 5.32 Å². The topological polar surface area (TPSA) is 12.0 Å². The third-order valence-corrected chi connectivity index (χ3v) is 6.03. The minimum atomic E-state index is 0.290. The Morgan fingerprint density at radius 3 is 2.03 bits per heavy atom. The number of hydrogen-bond donors (Lipinski definition) is 1. The third kappa shape index (κ3) is 5.81. The van der Waals surface area contributed by atoms with Gasteiger partial charge in [0.2, 0.25) is 0 Å². The zero-order valence-electron chi connectivity index (χ0n) is 20.1. The summed E-state index contributed by atoms with van der Waals surface area (Å²) >= 11 is 0. The predicted octanol–water partition coefficient (Wildman–Crippen LogP) is 8.76. The molecule has 166 valence electrons. The van der Waals surface area contributed by atoms with Gasteiger partial charge >= 0.3 is 0 Å². The van der Waals surface area contributed by atoms with Crippen molar-refractivity contribution in [2.24, 2.45) is 0 Å². The van der Waals surface area contributed by atoms with Crippen LogP contribution in [0.5, 0.6) is 0 Å². The predicted molar refractivity (Wildman–Crippen MR) is 144 cm³/mol. The molecule has 0 aromatic heterocycles. The zero-order chi connectivity index (χ0) is 23.2. The van der Waals surface area contributed by atoms with E-state index in [0.717, 1.165) is 6.42 Å². The average molecular weight is 432 g/mol. The van der Waals surface area contributed by atoms with Gasteiger partial charge in [0, 0.05) is 5.69 Å². The normalized spacial score (nSPS) is 12.4. The smallest absolute Gasteiger partial charge is 0.0511 e. The van der Waals surface area contributed by atoms with Crippen LogP contribution in [0, 0.1) is 20.8 Å². The molecular weight excluding hydrogens is 398 g/mol. The number of rotatable bonds is 7. The second-order valence-electron chi connectivity index (χ2n) is 8.94. The first-order chi connectivity index (χ1) is 16.0. The fourth-order valence-corrected chi connectivity index (χ4v) is 4.43. The van der Waals surface area contributed by atoms with Gasteiger partial charge in [-0.3, -0.25) is 0 Å². The highest BCUT2D eigenvalue weighted by Crippen LogP contribution is 2.29. The molecule has 1 atom stereocenters. The van der Waals surface area contributed by atoms with Crippen LogP contribution in [0.15, 0.2) is 97.1 Å². The third-order valence-electron chi connectivity index (χ3n) is 6.03. The fraction of sp³-hybridized carbons (Fsp3) is 0.188. The van der Waals surface area contributed by atoms with Crippen LogP contribution in [-0.4, -0.2) is 0 Å². The van der Waals surface area contributed by atoms with E-state index in [9.17, 15) is 0 Å². The molecule has 4 aromatic carbocycles. The van der Waals surface area contributed by atoms with Crippen LogP contribution in [0.2, 0.25) is 0 Å². The van der Waals surface area contributed by atoms with Crippen molar-refractivity contribution in [3.05, 3.63) is 136 Å². The number of hydrogen-bond acceptors (Lipinski definition) is 1. The van der Waals surface area contributed by atoms with Crippen molar-refractivity contribution in [1.29, 1.82) is 0 Å². The highest BCUT2D eigenvalue weighted by atomic mass is 14.9. The van der Waals surface area contributed by atoms with E-state index < -0.39 is 0 Å². The molecule has 4 aromatic rings. The van der Waals surface area contributed by atoms with E-state index in [2.05, 4.69) is 136 Å². The summed E-state index contributed by atoms with van der Waals surface area (Å²) < 4.78 is 0. The van der Waals surface area contributed by atoms with E-state index in [0.29, 0.717) is 0 Å². The lowest BCUT2D eigenvalue weighted by Gasteiger charge is -2.19. The van der Waals surface area contributed by atoms with Crippen molar-refractivity contribution >= 4 is 17.3 Å². The van der Waals surface area contributed by atoms with E-state index in [1.165, 1.54) is 50.2 Å². The van der Waals surface area contributed by atoms with Crippen molar-refractivity contribution in [3.8, 4) is 0 Å². The molecular formula is C32H33N. The molecule has 0 heterocycles. The highest BCUT2D eigenvalue weighted by Gasteiger charge is 2.10. The Bertz CT molecular complexity index is 1210. The molecule has 0 saturated heterocycles. The SMILES string of the molecule is CCC(Nc1cccc(C)c1)c1ccc(C=C(c2ccccc2)c2cc(C)cc(C)c2)cc1. The first kappa shape index (κ1) is 22.6. The molecule has 0 amide bonds. The minimum Gasteiger partial charge on any atom is -0.378 e. The van der Waals surface area contributed by atoms with Gasteiger partial charge in [0.05, 0.1) is 6.04 Å². The largest absolute Gasteiger partial charge is 0.378 e. The number of benzene rings is 4. The van der Waals surface area contributed by atoms with E-state index >= 15 is 0 Å². The summed E-state index contributed by atoms with van der Waals surface area (Å²) in [7, 11) is 0. The van der Waals surface area contributed by atoms with E-state index in [-0.39, 0.29) is 6.04 Å².